The minimum Gasteiger partial charge on any atom is -0.493 e. The van der Waals surface area contributed by atoms with Crippen LogP contribution in [0.15, 0.2) is 12.1 Å². The topological polar surface area (TPSA) is 56.8 Å². The Balaban J connectivity index is 3.05. The second-order valence-corrected chi connectivity index (χ2v) is 4.37. The largest absolute Gasteiger partial charge is 0.493 e. The molecule has 106 valence electrons. The zero-order valence-corrected chi connectivity index (χ0v) is 12.1. The number of ketones is 1. The maximum Gasteiger partial charge on any atom is 0.203 e. The Kier molecular flexibility index (Phi) is 5.63. The Morgan fingerprint density at radius 2 is 1.63 bits per heavy atom. The second kappa shape index (κ2) is 6.99. The maximum atomic E-state index is 12.1. The fourth-order valence-corrected chi connectivity index (χ4v) is 1.64. The zero-order valence-electron chi connectivity index (χ0n) is 12.1. The molecule has 0 atom stereocenters. The number of hydrogen-bond donors (Lipinski definition) is 1. The molecule has 1 N–H and O–H groups in total. The van der Waals surface area contributed by atoms with E-state index in [1.54, 1.807) is 12.1 Å². The molecule has 0 unspecified atom stereocenters. The molecule has 0 radical (unpaired) electrons. The molecule has 0 saturated carbocycles. The summed E-state index contributed by atoms with van der Waals surface area (Å²) < 4.78 is 15.6. The van der Waals surface area contributed by atoms with Crippen molar-refractivity contribution in [2.45, 2.75) is 19.9 Å². The Bertz CT molecular complexity index is 418. The van der Waals surface area contributed by atoms with Gasteiger partial charge in [-0.2, -0.15) is 0 Å². The highest BCUT2D eigenvalue weighted by Crippen LogP contribution is 2.38. The van der Waals surface area contributed by atoms with E-state index in [1.807, 2.05) is 13.8 Å². The number of methoxy groups -OCH3 is 3. The third-order valence-corrected chi connectivity index (χ3v) is 2.66. The maximum absolute atomic E-state index is 12.1. The van der Waals surface area contributed by atoms with E-state index in [2.05, 4.69) is 5.32 Å². The van der Waals surface area contributed by atoms with E-state index in [9.17, 15) is 4.79 Å². The van der Waals surface area contributed by atoms with Gasteiger partial charge in [0.05, 0.1) is 27.9 Å². The van der Waals surface area contributed by atoms with Gasteiger partial charge in [0.2, 0.25) is 5.75 Å². The molecule has 0 aliphatic heterocycles. The Hall–Kier alpha value is -1.75. The molecular weight excluding hydrogens is 246 g/mol. The third-order valence-electron chi connectivity index (χ3n) is 2.66. The standard InChI is InChI=1S/C14H21NO4/c1-9(2)15-8-11(16)10-6-12(17-3)14(19-5)13(7-10)18-4/h6-7,9,15H,8H2,1-5H3. The van der Waals surface area contributed by atoms with Crippen molar-refractivity contribution in [2.75, 3.05) is 27.9 Å². The molecule has 0 fully saturated rings. The lowest BCUT2D eigenvalue weighted by Gasteiger charge is -2.14. The van der Waals surface area contributed by atoms with Crippen LogP contribution in [0.25, 0.3) is 0 Å². The quantitative estimate of drug-likeness (QED) is 0.765. The summed E-state index contributed by atoms with van der Waals surface area (Å²) in [5.74, 6) is 1.43. The van der Waals surface area contributed by atoms with Gasteiger partial charge in [0.25, 0.3) is 0 Å². The summed E-state index contributed by atoms with van der Waals surface area (Å²) in [7, 11) is 4.58. The molecular formula is C14H21NO4. The smallest absolute Gasteiger partial charge is 0.203 e. The van der Waals surface area contributed by atoms with E-state index >= 15 is 0 Å². The van der Waals surface area contributed by atoms with E-state index in [4.69, 9.17) is 14.2 Å². The van der Waals surface area contributed by atoms with Crippen molar-refractivity contribution in [2.24, 2.45) is 0 Å². The number of Topliss-reactive ketones (excluding diaryl/α,β-unsaturated/α-hetero) is 1. The van der Waals surface area contributed by atoms with Gasteiger partial charge in [-0.3, -0.25) is 4.79 Å². The van der Waals surface area contributed by atoms with Gasteiger partial charge in [-0.05, 0) is 12.1 Å². The molecule has 0 saturated heterocycles. The van der Waals surface area contributed by atoms with Crippen LogP contribution in [0.5, 0.6) is 17.2 Å². The van der Waals surface area contributed by atoms with Crippen LogP contribution in [-0.4, -0.2) is 39.7 Å². The van der Waals surface area contributed by atoms with Crippen LogP contribution in [-0.2, 0) is 0 Å². The van der Waals surface area contributed by atoms with Gasteiger partial charge in [0, 0.05) is 11.6 Å². The molecule has 1 aromatic rings. The molecule has 1 aromatic carbocycles. The predicted molar refractivity (Wildman–Crippen MR) is 73.6 cm³/mol. The lowest BCUT2D eigenvalue weighted by atomic mass is 10.1. The van der Waals surface area contributed by atoms with Crippen LogP contribution < -0.4 is 19.5 Å². The predicted octanol–water partition coefficient (Wildman–Crippen LogP) is 1.89. The number of hydrogen-bond acceptors (Lipinski definition) is 5. The monoisotopic (exact) mass is 267 g/mol. The number of carbonyl (C=O) groups excluding carboxylic acids is 1. The number of nitrogens with one attached hydrogen (secondary N) is 1. The van der Waals surface area contributed by atoms with Crippen molar-refractivity contribution >= 4 is 5.78 Å². The van der Waals surface area contributed by atoms with E-state index in [-0.39, 0.29) is 18.4 Å². The molecule has 0 aliphatic rings. The van der Waals surface area contributed by atoms with Crippen LogP contribution >= 0.6 is 0 Å². The summed E-state index contributed by atoms with van der Waals surface area (Å²) in [4.78, 5) is 12.1. The first-order valence-electron chi connectivity index (χ1n) is 6.10. The molecule has 0 bridgehead atoms. The van der Waals surface area contributed by atoms with Crippen molar-refractivity contribution in [3.8, 4) is 17.2 Å². The molecule has 0 spiro atoms. The van der Waals surface area contributed by atoms with E-state index in [1.165, 1.54) is 21.3 Å². The van der Waals surface area contributed by atoms with Crippen molar-refractivity contribution in [1.29, 1.82) is 0 Å². The lowest BCUT2D eigenvalue weighted by molar-refractivity contribution is 0.0987. The molecule has 19 heavy (non-hydrogen) atoms. The number of benzene rings is 1. The van der Waals surface area contributed by atoms with E-state index < -0.39 is 0 Å². The highest BCUT2D eigenvalue weighted by molar-refractivity contribution is 5.98. The number of rotatable bonds is 7. The highest BCUT2D eigenvalue weighted by Gasteiger charge is 2.16. The minimum atomic E-state index is -0.0204. The molecule has 0 aromatic heterocycles. The minimum absolute atomic E-state index is 0.0204. The summed E-state index contributed by atoms with van der Waals surface area (Å²) in [6, 6.07) is 3.57. The SMILES string of the molecule is COc1cc(C(=O)CNC(C)C)cc(OC)c1OC. The average Bonchev–Trinajstić information content (AvgIpc) is 2.42. The second-order valence-electron chi connectivity index (χ2n) is 4.37. The highest BCUT2D eigenvalue weighted by atomic mass is 16.5. The molecule has 0 aliphatic carbocycles. The van der Waals surface area contributed by atoms with Crippen LogP contribution in [0.3, 0.4) is 0 Å². The van der Waals surface area contributed by atoms with Crippen molar-refractivity contribution in [3.63, 3.8) is 0 Å². The van der Waals surface area contributed by atoms with E-state index in [0.29, 0.717) is 22.8 Å². The fourth-order valence-electron chi connectivity index (χ4n) is 1.64. The first-order chi connectivity index (χ1) is 9.03. The van der Waals surface area contributed by atoms with Crippen molar-refractivity contribution < 1.29 is 19.0 Å². The summed E-state index contributed by atoms with van der Waals surface area (Å²) in [5.41, 5.74) is 0.530. The summed E-state index contributed by atoms with van der Waals surface area (Å²) in [6.07, 6.45) is 0. The lowest BCUT2D eigenvalue weighted by Crippen LogP contribution is -2.29. The molecule has 5 heteroatoms. The zero-order chi connectivity index (χ0) is 14.4. The third kappa shape index (κ3) is 3.86. The first kappa shape index (κ1) is 15.3. The van der Waals surface area contributed by atoms with Gasteiger partial charge in [-0.15, -0.1) is 0 Å². The molecule has 0 heterocycles. The Morgan fingerprint density at radius 3 is 2.00 bits per heavy atom. The summed E-state index contributed by atoms with van der Waals surface area (Å²) in [5, 5.41) is 3.08. The van der Waals surface area contributed by atoms with Gasteiger partial charge in [0.15, 0.2) is 17.3 Å². The van der Waals surface area contributed by atoms with Crippen LogP contribution in [0.1, 0.15) is 24.2 Å². The van der Waals surface area contributed by atoms with Gasteiger partial charge in [-0.25, -0.2) is 0 Å². The fraction of sp³-hybridized carbons (Fsp3) is 0.500. The molecule has 1 rings (SSSR count). The Morgan fingerprint density at radius 1 is 1.11 bits per heavy atom. The van der Waals surface area contributed by atoms with Gasteiger partial charge in [0.1, 0.15) is 0 Å². The number of carbonyl (C=O) groups is 1. The summed E-state index contributed by atoms with van der Waals surface area (Å²) in [6.45, 7) is 4.25. The van der Waals surface area contributed by atoms with Gasteiger partial charge in [-0.1, -0.05) is 13.8 Å². The van der Waals surface area contributed by atoms with Crippen LogP contribution in [0, 0.1) is 0 Å². The van der Waals surface area contributed by atoms with Crippen LogP contribution in [0.4, 0.5) is 0 Å². The van der Waals surface area contributed by atoms with Crippen molar-refractivity contribution in [1.82, 2.24) is 5.32 Å². The summed E-state index contributed by atoms with van der Waals surface area (Å²) >= 11 is 0. The molecule has 0 amide bonds. The average molecular weight is 267 g/mol. The van der Waals surface area contributed by atoms with Gasteiger partial charge >= 0.3 is 0 Å². The Labute approximate surface area is 113 Å². The van der Waals surface area contributed by atoms with E-state index in [0.717, 1.165) is 0 Å². The molecule has 5 nitrogen and oxygen atoms in total. The number of ether oxygens (including phenoxy) is 3. The van der Waals surface area contributed by atoms with Gasteiger partial charge < -0.3 is 19.5 Å². The van der Waals surface area contributed by atoms with Crippen LogP contribution in [0.2, 0.25) is 0 Å². The first-order valence-corrected chi connectivity index (χ1v) is 6.10. The normalized spacial score (nSPS) is 10.4. The van der Waals surface area contributed by atoms with Crippen molar-refractivity contribution in [3.05, 3.63) is 17.7 Å².